The van der Waals surface area contributed by atoms with Crippen molar-refractivity contribution in [3.05, 3.63) is 87.9 Å². The van der Waals surface area contributed by atoms with Gasteiger partial charge in [0.25, 0.3) is 0 Å². The lowest BCUT2D eigenvalue weighted by Gasteiger charge is -2.44. The number of esters is 1. The zero-order chi connectivity index (χ0) is 23.7. The highest BCUT2D eigenvalue weighted by molar-refractivity contribution is 9.10. The second kappa shape index (κ2) is 7.65. The van der Waals surface area contributed by atoms with Gasteiger partial charge in [-0.1, -0.05) is 59.3 Å². The van der Waals surface area contributed by atoms with Crippen molar-refractivity contribution in [3.8, 4) is 0 Å². The number of rotatable bonds is 2. The van der Waals surface area contributed by atoms with Gasteiger partial charge < -0.3 is 4.74 Å². The van der Waals surface area contributed by atoms with Crippen LogP contribution in [0.15, 0.2) is 82.4 Å². The third-order valence-electron chi connectivity index (χ3n) is 8.10. The molecule has 2 aliphatic heterocycles. The fourth-order valence-electron chi connectivity index (χ4n) is 6.32. The van der Waals surface area contributed by atoms with Crippen LogP contribution in [0.4, 0.5) is 5.69 Å². The minimum Gasteiger partial charge on any atom is -0.455 e. The highest BCUT2D eigenvalue weighted by Crippen LogP contribution is 2.59. The Morgan fingerprint density at radius 2 is 1.79 bits per heavy atom. The lowest BCUT2D eigenvalue weighted by molar-refractivity contribution is -0.157. The Hall–Kier alpha value is -2.70. The first-order chi connectivity index (χ1) is 16.3. The second-order valence-corrected chi connectivity index (χ2v) is 11.0. The Labute approximate surface area is 207 Å². The monoisotopic (exact) mass is 519 g/mol. The van der Waals surface area contributed by atoms with Gasteiger partial charge in [0, 0.05) is 27.8 Å². The summed E-state index contributed by atoms with van der Waals surface area (Å²) in [6.45, 7) is 4.00. The summed E-state index contributed by atoms with van der Waals surface area (Å²) >= 11 is 3.52. The van der Waals surface area contributed by atoms with Crippen LogP contribution >= 0.6 is 15.9 Å². The molecule has 174 valence electrons. The number of carbonyl (C=O) groups is 2. The van der Waals surface area contributed by atoms with E-state index < -0.39 is 11.7 Å². The molecule has 6 rings (SSSR count). The molecule has 2 saturated heterocycles. The fraction of sp³-hybridized carbons (Fsp3) is 0.357. The number of halogens is 1. The van der Waals surface area contributed by atoms with E-state index in [9.17, 15) is 9.59 Å². The molecular weight excluding hydrogens is 494 g/mol. The molecule has 1 saturated carbocycles. The van der Waals surface area contributed by atoms with Crippen molar-refractivity contribution in [3.63, 3.8) is 0 Å². The van der Waals surface area contributed by atoms with Crippen LogP contribution in [-0.4, -0.2) is 23.5 Å². The summed E-state index contributed by atoms with van der Waals surface area (Å²) in [5.41, 5.74) is 2.27. The van der Waals surface area contributed by atoms with Crippen molar-refractivity contribution < 1.29 is 19.2 Å². The van der Waals surface area contributed by atoms with Gasteiger partial charge in [-0.3, -0.25) is 9.63 Å². The van der Waals surface area contributed by atoms with E-state index in [0.29, 0.717) is 12.0 Å². The molecular formula is C28H26BrNO4. The van der Waals surface area contributed by atoms with Crippen LogP contribution in [0, 0.1) is 11.3 Å². The van der Waals surface area contributed by atoms with Crippen LogP contribution in [0.1, 0.15) is 44.7 Å². The number of allylic oxidation sites excluding steroid dienone is 3. The van der Waals surface area contributed by atoms with Crippen LogP contribution in [0.25, 0.3) is 0 Å². The fourth-order valence-corrected chi connectivity index (χ4v) is 6.58. The van der Waals surface area contributed by atoms with E-state index in [-0.39, 0.29) is 29.1 Å². The number of nitrogens with zero attached hydrogens (tertiary/aromatic N) is 1. The summed E-state index contributed by atoms with van der Waals surface area (Å²) in [6.07, 6.45) is 5.35. The molecule has 34 heavy (non-hydrogen) atoms. The van der Waals surface area contributed by atoms with Gasteiger partial charge in [-0.05, 0) is 61.2 Å². The number of carbonyl (C=O) groups excluding carboxylic acids is 2. The number of hydrogen-bond acceptors (Lipinski definition) is 5. The van der Waals surface area contributed by atoms with Gasteiger partial charge in [0.2, 0.25) is 5.60 Å². The maximum Gasteiger partial charge on any atom is 0.342 e. The van der Waals surface area contributed by atoms with E-state index in [2.05, 4.69) is 35.0 Å². The van der Waals surface area contributed by atoms with Crippen LogP contribution in [0.3, 0.4) is 0 Å². The van der Waals surface area contributed by atoms with E-state index in [1.807, 2.05) is 60.5 Å². The molecule has 5 atom stereocenters. The molecule has 5 nitrogen and oxygen atoms in total. The molecule has 0 aromatic heterocycles. The third-order valence-corrected chi connectivity index (χ3v) is 8.63. The minimum absolute atomic E-state index is 0.00360. The normalized spacial score (nSPS) is 34.4. The Balaban J connectivity index is 1.43. The predicted octanol–water partition coefficient (Wildman–Crippen LogP) is 5.87. The number of ether oxygens (including phenoxy) is 1. The Kier molecular flexibility index (Phi) is 4.91. The van der Waals surface area contributed by atoms with Gasteiger partial charge in [-0.15, -0.1) is 0 Å². The molecule has 2 aliphatic carbocycles. The maximum absolute atomic E-state index is 13.6. The molecule has 4 aliphatic rings. The third kappa shape index (κ3) is 3.08. The number of hydrogen-bond donors (Lipinski definition) is 0. The Morgan fingerprint density at radius 1 is 1.06 bits per heavy atom. The minimum atomic E-state index is -1.09. The van der Waals surface area contributed by atoms with Gasteiger partial charge in [-0.25, -0.2) is 9.86 Å². The SMILES string of the molecule is CC1=C2[C@H]3OC(=O)C4(C[C@@H](c5ccc(Br)cc5)N(c5ccccc5)O4)[C@@H]3CC[C@@]2(C)C=CC1=O. The van der Waals surface area contributed by atoms with Crippen LogP contribution in [0.5, 0.6) is 0 Å². The lowest BCUT2D eigenvalue weighted by atomic mass is 9.60. The number of para-hydroxylation sites is 1. The first-order valence-electron chi connectivity index (χ1n) is 11.8. The van der Waals surface area contributed by atoms with Gasteiger partial charge in [0.05, 0.1) is 11.7 Å². The van der Waals surface area contributed by atoms with E-state index in [4.69, 9.17) is 9.57 Å². The van der Waals surface area contributed by atoms with E-state index in [1.165, 1.54) is 0 Å². The molecule has 0 radical (unpaired) electrons. The second-order valence-electron chi connectivity index (χ2n) is 10.0. The number of hydroxylamine groups is 1. The lowest BCUT2D eigenvalue weighted by Crippen LogP contribution is -2.47. The van der Waals surface area contributed by atoms with E-state index in [0.717, 1.165) is 34.1 Å². The highest BCUT2D eigenvalue weighted by Gasteiger charge is 2.67. The molecule has 3 fully saturated rings. The van der Waals surface area contributed by atoms with Gasteiger partial charge in [0.15, 0.2) is 5.78 Å². The molecule has 2 heterocycles. The molecule has 2 aromatic rings. The van der Waals surface area contributed by atoms with Crippen molar-refractivity contribution >= 4 is 33.4 Å². The summed E-state index contributed by atoms with van der Waals surface area (Å²) in [5, 5.41) is 1.88. The molecule has 0 bridgehead atoms. The van der Waals surface area contributed by atoms with Gasteiger partial charge >= 0.3 is 5.97 Å². The topological polar surface area (TPSA) is 55.8 Å². The van der Waals surface area contributed by atoms with Crippen LogP contribution in [0.2, 0.25) is 0 Å². The van der Waals surface area contributed by atoms with Crippen LogP contribution in [-0.2, 0) is 19.2 Å². The number of anilines is 1. The molecule has 2 aromatic carbocycles. The smallest absolute Gasteiger partial charge is 0.342 e. The summed E-state index contributed by atoms with van der Waals surface area (Å²) in [7, 11) is 0. The Morgan fingerprint density at radius 3 is 2.53 bits per heavy atom. The van der Waals surface area contributed by atoms with Crippen molar-refractivity contribution in [1.29, 1.82) is 0 Å². The van der Waals surface area contributed by atoms with Crippen LogP contribution < -0.4 is 5.06 Å². The molecule has 0 N–H and O–H groups in total. The average Bonchev–Trinajstić information content (AvgIpc) is 3.36. The van der Waals surface area contributed by atoms with Gasteiger partial charge in [0.1, 0.15) is 6.10 Å². The largest absolute Gasteiger partial charge is 0.455 e. The first-order valence-corrected chi connectivity index (χ1v) is 12.6. The van der Waals surface area contributed by atoms with Crippen molar-refractivity contribution in [1.82, 2.24) is 0 Å². The summed E-state index contributed by atoms with van der Waals surface area (Å²) in [4.78, 5) is 32.9. The quantitative estimate of drug-likeness (QED) is 0.464. The Bertz CT molecular complexity index is 1240. The predicted molar refractivity (Wildman–Crippen MR) is 132 cm³/mol. The molecule has 6 heteroatoms. The number of ketones is 1. The number of benzene rings is 2. The maximum atomic E-state index is 13.6. The molecule has 0 amide bonds. The molecule has 1 unspecified atom stereocenters. The van der Waals surface area contributed by atoms with Gasteiger partial charge in [-0.2, -0.15) is 0 Å². The summed E-state index contributed by atoms with van der Waals surface area (Å²) in [5.74, 6) is -0.477. The zero-order valence-electron chi connectivity index (χ0n) is 19.2. The van der Waals surface area contributed by atoms with E-state index in [1.54, 1.807) is 6.08 Å². The van der Waals surface area contributed by atoms with E-state index >= 15 is 0 Å². The summed E-state index contributed by atoms with van der Waals surface area (Å²) in [6, 6.07) is 17.9. The first kappa shape index (κ1) is 21.8. The highest BCUT2D eigenvalue weighted by atomic mass is 79.9. The number of fused-ring (bicyclic) bond motifs is 4. The molecule has 1 spiro atoms. The average molecular weight is 520 g/mol. The van der Waals surface area contributed by atoms with Crippen molar-refractivity contribution in [2.24, 2.45) is 11.3 Å². The van der Waals surface area contributed by atoms with Crippen molar-refractivity contribution in [2.45, 2.75) is 50.9 Å². The summed E-state index contributed by atoms with van der Waals surface area (Å²) < 4.78 is 7.10. The van der Waals surface area contributed by atoms with Crippen molar-refractivity contribution in [2.75, 3.05) is 5.06 Å². The zero-order valence-corrected chi connectivity index (χ0v) is 20.7. The standard InChI is InChI=1S/C28H26BrNO4/c1-17-23(31)13-15-27(2)14-12-21-25(24(17)27)33-26(32)28(21)16-22(18-8-10-19(29)11-9-18)30(34-28)20-6-4-3-5-7-20/h3-11,13,15,21-22,25H,12,14,16H2,1-2H3/t21-,22+,25+,27+,28?/m1/s1.